The number of carbonyl (C=O) groups is 3. The molecular weight excluding hydrogens is 436 g/mol. The SMILES string of the molecule is CC(C)OC(=O)c1ccc(N2C(=O)C(Sc3ccccc3)=C(N3CCCCCC3)C2=O)cc1. The molecule has 6 nitrogen and oxygen atoms in total. The summed E-state index contributed by atoms with van der Waals surface area (Å²) < 4.78 is 5.23. The van der Waals surface area contributed by atoms with Crippen molar-refractivity contribution in [1.29, 1.82) is 0 Å². The summed E-state index contributed by atoms with van der Waals surface area (Å²) in [7, 11) is 0. The number of amides is 2. The zero-order valence-corrected chi connectivity index (χ0v) is 19.8. The Morgan fingerprint density at radius 2 is 1.52 bits per heavy atom. The molecule has 2 heterocycles. The fraction of sp³-hybridized carbons (Fsp3) is 0.346. The highest BCUT2D eigenvalue weighted by molar-refractivity contribution is 8.04. The number of nitrogens with zero attached hydrogens (tertiary/aromatic N) is 2. The number of ether oxygens (including phenoxy) is 1. The molecule has 0 atom stereocenters. The Balaban J connectivity index is 1.65. The van der Waals surface area contributed by atoms with Crippen molar-refractivity contribution in [1.82, 2.24) is 4.90 Å². The van der Waals surface area contributed by atoms with E-state index in [9.17, 15) is 14.4 Å². The van der Waals surface area contributed by atoms with Crippen molar-refractivity contribution in [3.63, 3.8) is 0 Å². The van der Waals surface area contributed by atoms with Gasteiger partial charge in [0.15, 0.2) is 0 Å². The number of benzene rings is 2. The first-order chi connectivity index (χ1) is 16.0. The number of hydrogen-bond acceptors (Lipinski definition) is 6. The number of esters is 1. The summed E-state index contributed by atoms with van der Waals surface area (Å²) in [5, 5.41) is 0. The molecule has 0 bridgehead atoms. The third kappa shape index (κ3) is 5.14. The number of imide groups is 1. The standard InChI is InChI=1S/C26H28N2O4S/c1-18(2)32-26(31)19-12-14-20(15-13-19)28-24(29)22(27-16-8-3-4-9-17-27)23(25(28)30)33-21-10-6-5-7-11-21/h5-7,10-15,18H,3-4,8-9,16-17H2,1-2H3. The van der Waals surface area contributed by atoms with E-state index in [-0.39, 0.29) is 17.9 Å². The summed E-state index contributed by atoms with van der Waals surface area (Å²) in [5.41, 5.74) is 1.31. The maximum atomic E-state index is 13.6. The molecule has 1 fully saturated rings. The van der Waals surface area contributed by atoms with E-state index in [2.05, 4.69) is 4.90 Å². The van der Waals surface area contributed by atoms with Crippen LogP contribution in [0.1, 0.15) is 49.9 Å². The molecule has 2 aliphatic heterocycles. The van der Waals surface area contributed by atoms with Crippen molar-refractivity contribution in [2.75, 3.05) is 18.0 Å². The van der Waals surface area contributed by atoms with Crippen LogP contribution in [-0.2, 0) is 14.3 Å². The summed E-state index contributed by atoms with van der Waals surface area (Å²) in [6, 6.07) is 16.1. The molecule has 4 rings (SSSR count). The fourth-order valence-corrected chi connectivity index (χ4v) is 5.05. The van der Waals surface area contributed by atoms with Gasteiger partial charge in [-0.1, -0.05) is 42.8 Å². The molecule has 172 valence electrons. The highest BCUT2D eigenvalue weighted by atomic mass is 32.2. The lowest BCUT2D eigenvalue weighted by molar-refractivity contribution is -0.121. The topological polar surface area (TPSA) is 66.9 Å². The van der Waals surface area contributed by atoms with Crippen LogP contribution in [0.3, 0.4) is 0 Å². The van der Waals surface area contributed by atoms with Gasteiger partial charge in [0.2, 0.25) is 0 Å². The van der Waals surface area contributed by atoms with Gasteiger partial charge in [0.05, 0.1) is 17.4 Å². The Morgan fingerprint density at radius 1 is 0.879 bits per heavy atom. The van der Waals surface area contributed by atoms with Gasteiger partial charge >= 0.3 is 5.97 Å². The van der Waals surface area contributed by atoms with Crippen molar-refractivity contribution in [3.8, 4) is 0 Å². The van der Waals surface area contributed by atoms with Crippen LogP contribution in [0.15, 0.2) is 70.1 Å². The van der Waals surface area contributed by atoms with Gasteiger partial charge in [-0.05, 0) is 63.1 Å². The molecule has 0 spiro atoms. The lowest BCUT2D eigenvalue weighted by atomic mass is 10.2. The van der Waals surface area contributed by atoms with Crippen LogP contribution in [0, 0.1) is 0 Å². The molecule has 0 saturated carbocycles. The number of anilines is 1. The highest BCUT2D eigenvalue weighted by Crippen LogP contribution is 2.39. The second kappa shape index (κ2) is 10.3. The molecule has 1 saturated heterocycles. The largest absolute Gasteiger partial charge is 0.459 e. The molecule has 33 heavy (non-hydrogen) atoms. The lowest BCUT2D eigenvalue weighted by Gasteiger charge is -2.24. The predicted molar refractivity (Wildman–Crippen MR) is 129 cm³/mol. The van der Waals surface area contributed by atoms with Crippen molar-refractivity contribution in [2.45, 2.75) is 50.5 Å². The zero-order chi connectivity index (χ0) is 23.4. The summed E-state index contributed by atoms with van der Waals surface area (Å²) >= 11 is 1.34. The van der Waals surface area contributed by atoms with E-state index < -0.39 is 5.97 Å². The van der Waals surface area contributed by atoms with Crippen LogP contribution in [0.4, 0.5) is 5.69 Å². The van der Waals surface area contributed by atoms with Crippen molar-refractivity contribution < 1.29 is 19.1 Å². The molecular formula is C26H28N2O4S. The number of hydrogen-bond donors (Lipinski definition) is 0. The van der Waals surface area contributed by atoms with E-state index in [0.717, 1.165) is 43.7 Å². The first-order valence-corrected chi connectivity index (χ1v) is 12.2. The Hall–Kier alpha value is -3.06. The highest BCUT2D eigenvalue weighted by Gasteiger charge is 2.42. The summed E-state index contributed by atoms with van der Waals surface area (Å²) in [4.78, 5) is 44.0. The Morgan fingerprint density at radius 3 is 2.12 bits per heavy atom. The van der Waals surface area contributed by atoms with E-state index in [4.69, 9.17) is 4.74 Å². The molecule has 2 aromatic rings. The van der Waals surface area contributed by atoms with Crippen molar-refractivity contribution in [3.05, 3.63) is 70.8 Å². The van der Waals surface area contributed by atoms with Crippen molar-refractivity contribution >= 4 is 35.2 Å². The van der Waals surface area contributed by atoms with Crippen LogP contribution in [0.2, 0.25) is 0 Å². The van der Waals surface area contributed by atoms with Crippen LogP contribution in [-0.4, -0.2) is 41.9 Å². The molecule has 0 radical (unpaired) electrons. The summed E-state index contributed by atoms with van der Waals surface area (Å²) in [6.07, 6.45) is 4.04. The number of rotatable bonds is 6. The molecule has 0 N–H and O–H groups in total. The Bertz CT molecular complexity index is 1060. The molecule has 7 heteroatoms. The van der Waals surface area contributed by atoms with Crippen LogP contribution >= 0.6 is 11.8 Å². The zero-order valence-electron chi connectivity index (χ0n) is 19.0. The monoisotopic (exact) mass is 464 g/mol. The molecule has 2 aromatic carbocycles. The fourth-order valence-electron chi connectivity index (χ4n) is 4.03. The van der Waals surface area contributed by atoms with Gasteiger partial charge in [-0.3, -0.25) is 9.59 Å². The normalized spacial score (nSPS) is 17.1. The Kier molecular flexibility index (Phi) is 7.18. The molecule has 0 aliphatic carbocycles. The van der Waals surface area contributed by atoms with Gasteiger partial charge in [-0.25, -0.2) is 9.69 Å². The quantitative estimate of drug-likeness (QED) is 0.443. The smallest absolute Gasteiger partial charge is 0.338 e. The molecule has 0 aromatic heterocycles. The van der Waals surface area contributed by atoms with E-state index in [0.29, 0.717) is 21.9 Å². The van der Waals surface area contributed by atoms with Crippen LogP contribution in [0.25, 0.3) is 0 Å². The van der Waals surface area contributed by atoms with Crippen molar-refractivity contribution in [2.24, 2.45) is 0 Å². The average Bonchev–Trinajstić information content (AvgIpc) is 2.97. The molecule has 2 aliphatic rings. The van der Waals surface area contributed by atoms with Gasteiger partial charge in [0.1, 0.15) is 10.6 Å². The first kappa shape index (κ1) is 23.1. The maximum absolute atomic E-state index is 13.6. The number of thioether (sulfide) groups is 1. The minimum Gasteiger partial charge on any atom is -0.459 e. The minimum atomic E-state index is -0.431. The number of carbonyl (C=O) groups excluding carboxylic acids is 3. The second-order valence-electron chi connectivity index (χ2n) is 8.44. The van der Waals surface area contributed by atoms with E-state index in [1.54, 1.807) is 38.1 Å². The Labute approximate surface area is 198 Å². The third-order valence-electron chi connectivity index (χ3n) is 5.61. The van der Waals surface area contributed by atoms with Gasteiger partial charge in [0, 0.05) is 18.0 Å². The lowest BCUT2D eigenvalue weighted by Crippen LogP contribution is -2.35. The van der Waals surface area contributed by atoms with Gasteiger partial charge in [0.25, 0.3) is 11.8 Å². The van der Waals surface area contributed by atoms with Gasteiger partial charge in [-0.15, -0.1) is 0 Å². The predicted octanol–water partition coefficient (Wildman–Crippen LogP) is 5.00. The first-order valence-electron chi connectivity index (χ1n) is 11.4. The van der Waals surface area contributed by atoms with E-state index >= 15 is 0 Å². The maximum Gasteiger partial charge on any atom is 0.338 e. The second-order valence-corrected chi connectivity index (χ2v) is 9.52. The van der Waals surface area contributed by atoms with E-state index in [1.807, 2.05) is 30.3 Å². The number of likely N-dealkylation sites (tertiary alicyclic amines) is 1. The average molecular weight is 465 g/mol. The van der Waals surface area contributed by atoms with Gasteiger partial charge < -0.3 is 9.64 Å². The molecule has 0 unspecified atom stereocenters. The van der Waals surface area contributed by atoms with Gasteiger partial charge in [-0.2, -0.15) is 0 Å². The third-order valence-corrected chi connectivity index (χ3v) is 6.69. The minimum absolute atomic E-state index is 0.225. The van der Waals surface area contributed by atoms with E-state index in [1.165, 1.54) is 16.7 Å². The van der Waals surface area contributed by atoms with Crippen LogP contribution in [0.5, 0.6) is 0 Å². The molecule has 2 amide bonds. The summed E-state index contributed by atoms with van der Waals surface area (Å²) in [6.45, 7) is 5.10. The summed E-state index contributed by atoms with van der Waals surface area (Å²) in [5.74, 6) is -1.07. The van der Waals surface area contributed by atoms with Crippen LogP contribution < -0.4 is 4.90 Å².